The predicted octanol–water partition coefficient (Wildman–Crippen LogP) is 4.46. The summed E-state index contributed by atoms with van der Waals surface area (Å²) < 4.78 is 72.3. The van der Waals surface area contributed by atoms with E-state index in [9.17, 15) is 22.0 Å². The number of hydrogen-bond donors (Lipinski definition) is 0. The van der Waals surface area contributed by atoms with Gasteiger partial charge in [-0.05, 0) is 34.5 Å². The second-order valence-corrected chi connectivity index (χ2v) is 6.08. The maximum atomic E-state index is 13.0. The van der Waals surface area contributed by atoms with Crippen molar-refractivity contribution >= 4 is 15.9 Å². The van der Waals surface area contributed by atoms with Crippen molar-refractivity contribution in [1.82, 2.24) is 4.90 Å². The zero-order valence-corrected chi connectivity index (χ0v) is 13.6. The summed E-state index contributed by atoms with van der Waals surface area (Å²) in [5.41, 5.74) is 0. The summed E-state index contributed by atoms with van der Waals surface area (Å²) in [6.07, 6.45) is -4.42. The average Bonchev–Trinajstić information content (AvgIpc) is 2.76. The van der Waals surface area contributed by atoms with Gasteiger partial charge in [0.1, 0.15) is 11.5 Å². The summed E-state index contributed by atoms with van der Waals surface area (Å²) in [6.45, 7) is 0.735. The second-order valence-electron chi connectivity index (χ2n) is 5.22. The van der Waals surface area contributed by atoms with Crippen LogP contribution >= 0.6 is 15.9 Å². The number of likely N-dealkylation sites (tertiary alicyclic amines) is 1. The Morgan fingerprint density at radius 3 is 2.61 bits per heavy atom. The predicted molar refractivity (Wildman–Crippen MR) is 76.9 cm³/mol. The molecule has 0 aliphatic carbocycles. The quantitative estimate of drug-likeness (QED) is 0.517. The van der Waals surface area contributed by atoms with Crippen molar-refractivity contribution in [2.45, 2.75) is 25.1 Å². The van der Waals surface area contributed by atoms with Crippen LogP contribution in [-0.2, 0) is 0 Å². The van der Waals surface area contributed by atoms with Gasteiger partial charge in [-0.25, -0.2) is 8.78 Å². The molecular weight excluding hydrogens is 389 g/mol. The van der Waals surface area contributed by atoms with E-state index < -0.39 is 12.3 Å². The molecular formula is C14H15BrF5NO2. The van der Waals surface area contributed by atoms with E-state index in [0.717, 1.165) is 12.1 Å². The van der Waals surface area contributed by atoms with Crippen molar-refractivity contribution in [2.75, 3.05) is 26.2 Å². The molecule has 1 fully saturated rings. The normalized spacial score (nSPS) is 18.2. The topological polar surface area (TPSA) is 21.7 Å². The molecule has 1 saturated heterocycles. The Kier molecular flexibility index (Phi) is 5.72. The standard InChI is InChI=1S/C14H15BrF5NO2/c15-11-3-2-10(23-14(18,19)20)8-12(11)22-7-1-5-21-6-4-13(16,17)9-21/h2-3,8H,1,4-7,9H2. The smallest absolute Gasteiger partial charge is 0.492 e. The number of nitrogens with zero attached hydrogens (tertiary/aromatic N) is 1. The molecule has 1 heterocycles. The Bertz CT molecular complexity index is 538. The first-order valence-corrected chi connectivity index (χ1v) is 7.72. The fraction of sp³-hybridized carbons (Fsp3) is 0.571. The van der Waals surface area contributed by atoms with Crippen LogP contribution in [0.4, 0.5) is 22.0 Å². The van der Waals surface area contributed by atoms with Crippen LogP contribution in [0.2, 0.25) is 0 Å². The fourth-order valence-corrected chi connectivity index (χ4v) is 2.62. The Morgan fingerprint density at radius 1 is 1.26 bits per heavy atom. The van der Waals surface area contributed by atoms with Gasteiger partial charge in [0, 0.05) is 25.6 Å². The fourth-order valence-electron chi connectivity index (χ4n) is 2.26. The molecule has 0 aromatic heterocycles. The number of hydrogen-bond acceptors (Lipinski definition) is 3. The Balaban J connectivity index is 1.80. The van der Waals surface area contributed by atoms with Crippen molar-refractivity contribution < 1.29 is 31.4 Å². The minimum atomic E-state index is -4.77. The number of halogens is 6. The van der Waals surface area contributed by atoms with E-state index in [1.165, 1.54) is 6.07 Å². The number of alkyl halides is 5. The summed E-state index contributed by atoms with van der Waals surface area (Å²) in [7, 11) is 0. The maximum Gasteiger partial charge on any atom is 0.573 e. The summed E-state index contributed by atoms with van der Waals surface area (Å²) in [6, 6.07) is 3.68. The van der Waals surface area contributed by atoms with Crippen molar-refractivity contribution in [3.05, 3.63) is 22.7 Å². The average molecular weight is 404 g/mol. The molecule has 1 aromatic carbocycles. The molecule has 0 saturated carbocycles. The molecule has 1 aliphatic heterocycles. The Labute approximate surface area is 138 Å². The lowest BCUT2D eigenvalue weighted by atomic mass is 10.3. The largest absolute Gasteiger partial charge is 0.573 e. The molecule has 0 amide bonds. The van der Waals surface area contributed by atoms with Crippen LogP contribution in [-0.4, -0.2) is 43.4 Å². The van der Waals surface area contributed by atoms with Crippen molar-refractivity contribution in [1.29, 1.82) is 0 Å². The Morgan fingerprint density at radius 2 is 2.00 bits per heavy atom. The van der Waals surface area contributed by atoms with Crippen molar-refractivity contribution in [2.24, 2.45) is 0 Å². The summed E-state index contributed by atoms with van der Waals surface area (Å²) in [5, 5.41) is 0. The molecule has 0 atom stereocenters. The van der Waals surface area contributed by atoms with Gasteiger partial charge in [-0.1, -0.05) is 0 Å². The minimum Gasteiger partial charge on any atom is -0.492 e. The van der Waals surface area contributed by atoms with E-state index in [-0.39, 0.29) is 31.1 Å². The van der Waals surface area contributed by atoms with Gasteiger partial charge >= 0.3 is 6.36 Å². The lowest BCUT2D eigenvalue weighted by molar-refractivity contribution is -0.274. The summed E-state index contributed by atoms with van der Waals surface area (Å²) in [5.74, 6) is -2.80. The van der Waals surface area contributed by atoms with Gasteiger partial charge in [0.05, 0.1) is 17.6 Å². The highest BCUT2D eigenvalue weighted by atomic mass is 79.9. The lowest BCUT2D eigenvalue weighted by Gasteiger charge is -2.16. The number of rotatable bonds is 6. The molecule has 0 N–H and O–H groups in total. The van der Waals surface area contributed by atoms with Crippen LogP contribution < -0.4 is 9.47 Å². The maximum absolute atomic E-state index is 13.0. The van der Waals surface area contributed by atoms with E-state index in [1.807, 2.05) is 0 Å². The molecule has 130 valence electrons. The highest BCUT2D eigenvalue weighted by Gasteiger charge is 2.37. The molecule has 23 heavy (non-hydrogen) atoms. The van der Waals surface area contributed by atoms with Crippen LogP contribution in [0, 0.1) is 0 Å². The number of ether oxygens (including phenoxy) is 2. The number of benzene rings is 1. The summed E-state index contributed by atoms with van der Waals surface area (Å²) >= 11 is 3.17. The molecule has 2 rings (SSSR count). The highest BCUT2D eigenvalue weighted by molar-refractivity contribution is 9.10. The van der Waals surface area contributed by atoms with Gasteiger partial charge in [0.15, 0.2) is 0 Å². The van der Waals surface area contributed by atoms with Crippen molar-refractivity contribution in [3.8, 4) is 11.5 Å². The van der Waals surface area contributed by atoms with Crippen LogP contribution in [0.25, 0.3) is 0 Å². The third kappa shape index (κ3) is 6.14. The molecule has 9 heteroatoms. The first-order valence-electron chi connectivity index (χ1n) is 6.93. The first-order chi connectivity index (χ1) is 10.6. The van der Waals surface area contributed by atoms with Gasteiger partial charge < -0.3 is 9.47 Å². The molecule has 0 unspecified atom stereocenters. The van der Waals surface area contributed by atoms with E-state index >= 15 is 0 Å². The van der Waals surface area contributed by atoms with E-state index in [4.69, 9.17) is 4.74 Å². The second kappa shape index (κ2) is 7.21. The van der Waals surface area contributed by atoms with E-state index in [2.05, 4.69) is 20.7 Å². The van der Waals surface area contributed by atoms with Gasteiger partial charge in [-0.3, -0.25) is 4.90 Å². The molecule has 1 aliphatic rings. The lowest BCUT2D eigenvalue weighted by Crippen LogP contribution is -2.27. The Hall–Kier alpha value is -1.09. The molecule has 0 spiro atoms. The zero-order chi connectivity index (χ0) is 17.1. The van der Waals surface area contributed by atoms with Crippen LogP contribution in [0.1, 0.15) is 12.8 Å². The van der Waals surface area contributed by atoms with Gasteiger partial charge in [-0.2, -0.15) is 0 Å². The molecule has 3 nitrogen and oxygen atoms in total. The molecule has 0 radical (unpaired) electrons. The monoisotopic (exact) mass is 403 g/mol. The van der Waals surface area contributed by atoms with Crippen molar-refractivity contribution in [3.63, 3.8) is 0 Å². The zero-order valence-electron chi connectivity index (χ0n) is 12.0. The van der Waals surface area contributed by atoms with E-state index in [1.54, 1.807) is 4.90 Å². The van der Waals surface area contributed by atoms with E-state index in [0.29, 0.717) is 24.0 Å². The summed E-state index contributed by atoms with van der Waals surface area (Å²) in [4.78, 5) is 1.64. The minimum absolute atomic E-state index is 0.143. The van der Waals surface area contributed by atoms with Crippen LogP contribution in [0.3, 0.4) is 0 Å². The highest BCUT2D eigenvalue weighted by Crippen LogP contribution is 2.32. The van der Waals surface area contributed by atoms with Gasteiger partial charge in [-0.15, -0.1) is 13.2 Å². The van der Waals surface area contributed by atoms with Gasteiger partial charge in [0.25, 0.3) is 5.92 Å². The molecule has 0 bridgehead atoms. The first kappa shape index (κ1) is 18.3. The third-order valence-corrected chi connectivity index (χ3v) is 3.92. The third-order valence-electron chi connectivity index (χ3n) is 3.26. The van der Waals surface area contributed by atoms with Crippen LogP contribution in [0.15, 0.2) is 22.7 Å². The SMILES string of the molecule is FC1(F)CCN(CCCOc2cc(OC(F)(F)F)ccc2Br)C1. The van der Waals surface area contributed by atoms with Gasteiger partial charge in [0.2, 0.25) is 0 Å². The van der Waals surface area contributed by atoms with Crippen LogP contribution in [0.5, 0.6) is 11.5 Å². The molecule has 1 aromatic rings.